The summed E-state index contributed by atoms with van der Waals surface area (Å²) in [4.78, 5) is 13.1. The Hall–Kier alpha value is -2.92. The summed E-state index contributed by atoms with van der Waals surface area (Å²) in [6, 6.07) is 25.5. The van der Waals surface area contributed by atoms with Gasteiger partial charge in [-0.3, -0.25) is 4.79 Å². The van der Waals surface area contributed by atoms with Gasteiger partial charge in [0.2, 0.25) is 21.1 Å². The maximum Gasteiger partial charge on any atom is 0.242 e. The Morgan fingerprint density at radius 2 is 1.60 bits per heavy atom. The third-order valence-electron chi connectivity index (χ3n) is 5.39. The molecule has 0 saturated carbocycles. The number of benzene rings is 3. The highest BCUT2D eigenvalue weighted by molar-refractivity contribution is 9.10. The van der Waals surface area contributed by atoms with Gasteiger partial charge < -0.3 is 5.32 Å². The van der Waals surface area contributed by atoms with Gasteiger partial charge in [-0.15, -0.1) is 10.2 Å². The maximum atomic E-state index is 13.1. The minimum atomic E-state index is -3.72. The largest absolute Gasteiger partial charge is 0.301 e. The molecule has 0 saturated heterocycles. The van der Waals surface area contributed by atoms with Gasteiger partial charge in [0.15, 0.2) is 0 Å². The molecule has 1 atom stereocenters. The molecule has 180 valence electrons. The van der Waals surface area contributed by atoms with Crippen molar-refractivity contribution in [3.8, 4) is 10.6 Å². The molecule has 4 rings (SSSR count). The molecule has 0 aliphatic rings. The number of likely N-dealkylation sites (N-methyl/N-ethyl adjacent to an activating group) is 1. The summed E-state index contributed by atoms with van der Waals surface area (Å²) in [6.07, 6.45) is 0.0878. The SMILES string of the molecule is CN(C[C@H](CC(=O)Nc1nnc(-c2ccccc2)s1)c1ccccc1)S(=O)(=O)c1ccc(Br)cc1. The molecule has 0 fully saturated rings. The molecule has 0 unspecified atom stereocenters. The molecule has 35 heavy (non-hydrogen) atoms. The van der Waals surface area contributed by atoms with Gasteiger partial charge in [-0.1, -0.05) is 87.9 Å². The predicted molar refractivity (Wildman–Crippen MR) is 142 cm³/mol. The van der Waals surface area contributed by atoms with Crippen molar-refractivity contribution in [3.63, 3.8) is 0 Å². The second-order valence-corrected chi connectivity index (χ2v) is 11.8. The fourth-order valence-electron chi connectivity index (χ4n) is 3.57. The molecule has 0 radical (unpaired) electrons. The van der Waals surface area contributed by atoms with Gasteiger partial charge in [-0.05, 0) is 29.8 Å². The zero-order chi connectivity index (χ0) is 24.8. The first kappa shape index (κ1) is 25.2. The molecule has 10 heteroatoms. The van der Waals surface area contributed by atoms with Crippen LogP contribution >= 0.6 is 27.3 Å². The highest BCUT2D eigenvalue weighted by Gasteiger charge is 2.26. The fourth-order valence-corrected chi connectivity index (χ4v) is 5.82. The summed E-state index contributed by atoms with van der Waals surface area (Å²) < 4.78 is 28.3. The molecular formula is C25H23BrN4O3S2. The van der Waals surface area contributed by atoms with E-state index in [2.05, 4.69) is 31.4 Å². The molecule has 1 aromatic heterocycles. The van der Waals surface area contributed by atoms with Crippen molar-refractivity contribution in [3.05, 3.63) is 95.0 Å². The van der Waals surface area contributed by atoms with Crippen LogP contribution in [0.4, 0.5) is 5.13 Å². The van der Waals surface area contributed by atoms with E-state index in [9.17, 15) is 13.2 Å². The molecule has 0 aliphatic carbocycles. The molecular weight excluding hydrogens is 548 g/mol. The second-order valence-electron chi connectivity index (χ2n) is 7.88. The summed E-state index contributed by atoms with van der Waals surface area (Å²) in [5.41, 5.74) is 1.80. The van der Waals surface area contributed by atoms with Crippen LogP contribution in [0.5, 0.6) is 0 Å². The minimum absolute atomic E-state index is 0.0878. The van der Waals surface area contributed by atoms with Crippen LogP contribution in [0.3, 0.4) is 0 Å². The fraction of sp³-hybridized carbons (Fsp3) is 0.160. The number of aromatic nitrogens is 2. The van der Waals surface area contributed by atoms with Crippen LogP contribution < -0.4 is 5.32 Å². The molecule has 3 aromatic carbocycles. The third-order valence-corrected chi connectivity index (χ3v) is 8.65. The number of nitrogens with zero attached hydrogens (tertiary/aromatic N) is 3. The van der Waals surface area contributed by atoms with E-state index in [4.69, 9.17) is 0 Å². The lowest BCUT2D eigenvalue weighted by molar-refractivity contribution is -0.116. The van der Waals surface area contributed by atoms with E-state index < -0.39 is 10.0 Å². The number of halogens is 1. The lowest BCUT2D eigenvalue weighted by atomic mass is 9.95. The van der Waals surface area contributed by atoms with Gasteiger partial charge in [0.05, 0.1) is 4.90 Å². The third kappa shape index (κ3) is 6.40. The molecule has 0 spiro atoms. The number of nitrogens with one attached hydrogen (secondary N) is 1. The van der Waals surface area contributed by atoms with Gasteiger partial charge in [0.1, 0.15) is 5.01 Å². The Balaban J connectivity index is 1.49. The number of carbonyl (C=O) groups is 1. The lowest BCUT2D eigenvalue weighted by Crippen LogP contribution is -2.32. The molecule has 1 N–H and O–H groups in total. The van der Waals surface area contributed by atoms with Crippen LogP contribution in [0, 0.1) is 0 Å². The highest BCUT2D eigenvalue weighted by atomic mass is 79.9. The number of sulfonamides is 1. The first-order chi connectivity index (χ1) is 16.8. The van der Waals surface area contributed by atoms with Gasteiger partial charge in [0.25, 0.3) is 0 Å². The molecule has 7 nitrogen and oxygen atoms in total. The molecule has 4 aromatic rings. The Morgan fingerprint density at radius 3 is 2.26 bits per heavy atom. The van der Waals surface area contributed by atoms with E-state index in [0.29, 0.717) is 10.1 Å². The van der Waals surface area contributed by atoms with E-state index in [1.165, 1.54) is 22.7 Å². The van der Waals surface area contributed by atoms with Crippen LogP contribution in [0.2, 0.25) is 0 Å². The van der Waals surface area contributed by atoms with Gasteiger partial charge in [-0.25, -0.2) is 12.7 Å². The Bertz CT molecular complexity index is 1380. The number of amides is 1. The van der Waals surface area contributed by atoms with E-state index in [-0.39, 0.29) is 29.7 Å². The first-order valence-corrected chi connectivity index (χ1v) is 13.8. The van der Waals surface area contributed by atoms with E-state index >= 15 is 0 Å². The average molecular weight is 572 g/mol. The van der Waals surface area contributed by atoms with Crippen molar-refractivity contribution >= 4 is 48.3 Å². The Morgan fingerprint density at radius 1 is 0.971 bits per heavy atom. The van der Waals surface area contributed by atoms with Crippen molar-refractivity contribution in [2.45, 2.75) is 17.2 Å². The molecule has 0 aliphatic heterocycles. The van der Waals surface area contributed by atoms with E-state index in [1.54, 1.807) is 24.3 Å². The van der Waals surface area contributed by atoms with Crippen molar-refractivity contribution in [2.75, 3.05) is 18.9 Å². The van der Waals surface area contributed by atoms with Crippen LogP contribution in [0.15, 0.2) is 94.3 Å². The monoisotopic (exact) mass is 570 g/mol. The predicted octanol–water partition coefficient (Wildman–Crippen LogP) is 5.40. The van der Waals surface area contributed by atoms with Crippen molar-refractivity contribution < 1.29 is 13.2 Å². The lowest BCUT2D eigenvalue weighted by Gasteiger charge is -2.24. The zero-order valence-corrected chi connectivity index (χ0v) is 22.1. The zero-order valence-electron chi connectivity index (χ0n) is 18.8. The molecule has 1 amide bonds. The second kappa shape index (κ2) is 11.2. The number of anilines is 1. The van der Waals surface area contributed by atoms with Crippen LogP contribution in [-0.2, 0) is 14.8 Å². The van der Waals surface area contributed by atoms with E-state index in [1.807, 2.05) is 60.7 Å². The number of hydrogen-bond acceptors (Lipinski definition) is 6. The number of carbonyl (C=O) groups excluding carboxylic acids is 1. The van der Waals surface area contributed by atoms with Gasteiger partial charge in [-0.2, -0.15) is 0 Å². The van der Waals surface area contributed by atoms with Crippen LogP contribution in [-0.4, -0.2) is 42.4 Å². The number of rotatable bonds is 9. The van der Waals surface area contributed by atoms with Crippen molar-refractivity contribution in [1.82, 2.24) is 14.5 Å². The Labute approximate surface area is 217 Å². The smallest absolute Gasteiger partial charge is 0.242 e. The maximum absolute atomic E-state index is 13.1. The summed E-state index contributed by atoms with van der Waals surface area (Å²) in [5.74, 6) is -0.614. The van der Waals surface area contributed by atoms with Gasteiger partial charge >= 0.3 is 0 Å². The van der Waals surface area contributed by atoms with Crippen LogP contribution in [0.1, 0.15) is 17.9 Å². The minimum Gasteiger partial charge on any atom is -0.301 e. The Kier molecular flexibility index (Phi) is 8.07. The summed E-state index contributed by atoms with van der Waals surface area (Å²) >= 11 is 4.62. The standard InChI is InChI=1S/C25H23BrN4O3S2/c1-30(35(32,33)22-14-12-21(26)13-15-22)17-20(18-8-4-2-5-9-18)16-23(31)27-25-29-28-24(34-25)19-10-6-3-7-11-19/h2-15,20H,16-17H2,1H3,(H,27,29,31)/t20-/m0/s1. The van der Waals surface area contributed by atoms with Gasteiger partial charge in [0, 0.05) is 36.0 Å². The number of hydrogen-bond donors (Lipinski definition) is 1. The molecule has 0 bridgehead atoms. The normalized spacial score (nSPS) is 12.4. The summed E-state index contributed by atoms with van der Waals surface area (Å²) in [6.45, 7) is 0.140. The van der Waals surface area contributed by atoms with E-state index in [0.717, 1.165) is 15.6 Å². The summed E-state index contributed by atoms with van der Waals surface area (Å²) in [7, 11) is -2.19. The highest BCUT2D eigenvalue weighted by Crippen LogP contribution is 2.28. The van der Waals surface area contributed by atoms with Crippen LogP contribution in [0.25, 0.3) is 10.6 Å². The quantitative estimate of drug-likeness (QED) is 0.291. The first-order valence-electron chi connectivity index (χ1n) is 10.8. The summed E-state index contributed by atoms with van der Waals surface area (Å²) in [5, 5.41) is 12.2. The molecule has 1 heterocycles. The van der Waals surface area contributed by atoms with Crippen molar-refractivity contribution in [1.29, 1.82) is 0 Å². The van der Waals surface area contributed by atoms with Crippen molar-refractivity contribution in [2.24, 2.45) is 0 Å². The average Bonchev–Trinajstić information content (AvgIpc) is 3.33. The topological polar surface area (TPSA) is 92.3 Å².